The van der Waals surface area contributed by atoms with Crippen LogP contribution in [0.5, 0.6) is 5.75 Å². The predicted molar refractivity (Wildman–Crippen MR) is 114 cm³/mol. The van der Waals surface area contributed by atoms with Crippen LogP contribution >= 0.6 is 11.6 Å². The highest BCUT2D eigenvalue weighted by atomic mass is 35.5. The number of nitrogens with one attached hydrogen (secondary N) is 1. The fourth-order valence-electron chi connectivity index (χ4n) is 3.61. The van der Waals surface area contributed by atoms with E-state index in [4.69, 9.17) is 21.1 Å². The van der Waals surface area contributed by atoms with Crippen LogP contribution < -0.4 is 9.46 Å². The average molecular weight is 439 g/mol. The zero-order valence-corrected chi connectivity index (χ0v) is 18.5. The Morgan fingerprint density at radius 1 is 1.17 bits per heavy atom. The second kappa shape index (κ2) is 9.45. The van der Waals surface area contributed by atoms with Gasteiger partial charge in [0, 0.05) is 30.7 Å². The molecule has 1 fully saturated rings. The molecule has 0 radical (unpaired) electrons. The molecule has 1 atom stereocenters. The van der Waals surface area contributed by atoms with Crippen molar-refractivity contribution < 1.29 is 17.9 Å². The Hall–Kier alpha value is -1.64. The maximum atomic E-state index is 13.1. The summed E-state index contributed by atoms with van der Waals surface area (Å²) in [5.74, 6) is 0.673. The zero-order valence-electron chi connectivity index (χ0n) is 16.9. The summed E-state index contributed by atoms with van der Waals surface area (Å²) >= 11 is 6.19. The highest BCUT2D eigenvalue weighted by Gasteiger charge is 2.26. The van der Waals surface area contributed by atoms with Crippen molar-refractivity contribution in [2.75, 3.05) is 40.0 Å². The Morgan fingerprint density at radius 3 is 2.55 bits per heavy atom. The highest BCUT2D eigenvalue weighted by molar-refractivity contribution is 7.89. The van der Waals surface area contributed by atoms with E-state index in [1.807, 2.05) is 31.2 Å². The van der Waals surface area contributed by atoms with Crippen LogP contribution in [0, 0.1) is 13.8 Å². The van der Waals surface area contributed by atoms with Gasteiger partial charge in [0.15, 0.2) is 0 Å². The summed E-state index contributed by atoms with van der Waals surface area (Å²) in [4.78, 5) is 2.49. The molecule has 0 aliphatic carbocycles. The largest absolute Gasteiger partial charge is 0.496 e. The molecule has 0 amide bonds. The lowest BCUT2D eigenvalue weighted by molar-refractivity contribution is 0.0172. The van der Waals surface area contributed by atoms with Crippen molar-refractivity contribution in [1.82, 2.24) is 9.62 Å². The Morgan fingerprint density at radius 2 is 1.90 bits per heavy atom. The van der Waals surface area contributed by atoms with Gasteiger partial charge in [0.2, 0.25) is 10.0 Å². The maximum Gasteiger partial charge on any atom is 0.240 e. The van der Waals surface area contributed by atoms with Gasteiger partial charge in [-0.2, -0.15) is 0 Å². The second-order valence-corrected chi connectivity index (χ2v) is 9.26. The van der Waals surface area contributed by atoms with Gasteiger partial charge in [-0.3, -0.25) is 4.90 Å². The van der Waals surface area contributed by atoms with Crippen LogP contribution in [-0.2, 0) is 14.8 Å². The Balaban J connectivity index is 1.85. The minimum Gasteiger partial charge on any atom is -0.496 e. The van der Waals surface area contributed by atoms with Crippen molar-refractivity contribution in [3.05, 3.63) is 58.1 Å². The van der Waals surface area contributed by atoms with Gasteiger partial charge < -0.3 is 9.47 Å². The van der Waals surface area contributed by atoms with Gasteiger partial charge in [-0.1, -0.05) is 23.7 Å². The third-order valence-corrected chi connectivity index (χ3v) is 7.19. The number of nitrogens with zero attached hydrogens (tertiary/aromatic N) is 1. The Kier molecular flexibility index (Phi) is 7.19. The lowest BCUT2D eigenvalue weighted by Crippen LogP contribution is -2.43. The number of rotatable bonds is 7. The van der Waals surface area contributed by atoms with Crippen molar-refractivity contribution in [3.63, 3.8) is 0 Å². The molecule has 0 bridgehead atoms. The maximum absolute atomic E-state index is 13.1. The van der Waals surface area contributed by atoms with Gasteiger partial charge in [-0.25, -0.2) is 13.1 Å². The first-order valence-corrected chi connectivity index (χ1v) is 11.4. The number of hydrogen-bond donors (Lipinski definition) is 1. The van der Waals surface area contributed by atoms with E-state index in [1.165, 1.54) is 0 Å². The lowest BCUT2D eigenvalue weighted by Gasteiger charge is -2.35. The minimum atomic E-state index is -3.69. The lowest BCUT2D eigenvalue weighted by atomic mass is 10.1. The van der Waals surface area contributed by atoms with E-state index < -0.39 is 10.0 Å². The molecule has 1 saturated heterocycles. The van der Waals surface area contributed by atoms with Gasteiger partial charge in [-0.05, 0) is 54.8 Å². The molecule has 0 spiro atoms. The number of hydrogen-bond acceptors (Lipinski definition) is 5. The van der Waals surface area contributed by atoms with Crippen molar-refractivity contribution in [3.8, 4) is 5.75 Å². The molecular weight excluding hydrogens is 412 g/mol. The van der Waals surface area contributed by atoms with Gasteiger partial charge in [-0.15, -0.1) is 0 Å². The number of sulfonamides is 1. The molecule has 29 heavy (non-hydrogen) atoms. The van der Waals surface area contributed by atoms with E-state index in [9.17, 15) is 8.42 Å². The van der Waals surface area contributed by atoms with Crippen molar-refractivity contribution in [1.29, 1.82) is 0 Å². The van der Waals surface area contributed by atoms with Crippen LogP contribution in [-0.4, -0.2) is 53.3 Å². The Bertz CT molecular complexity index is 959. The second-order valence-electron chi connectivity index (χ2n) is 7.09. The first-order chi connectivity index (χ1) is 13.8. The number of benzene rings is 2. The van der Waals surface area contributed by atoms with Crippen LogP contribution in [0.15, 0.2) is 41.3 Å². The smallest absolute Gasteiger partial charge is 0.240 e. The fraction of sp³-hybridized carbons (Fsp3) is 0.429. The summed E-state index contributed by atoms with van der Waals surface area (Å²) in [5, 5.41) is 0.630. The highest BCUT2D eigenvalue weighted by Crippen LogP contribution is 2.28. The topological polar surface area (TPSA) is 67.9 Å². The summed E-state index contributed by atoms with van der Waals surface area (Å²) < 4.78 is 39.7. The summed E-state index contributed by atoms with van der Waals surface area (Å²) in [6.45, 7) is 6.62. The first-order valence-electron chi connectivity index (χ1n) is 9.54. The fourth-order valence-corrected chi connectivity index (χ4v) is 5.15. The molecular formula is C21H27ClN2O4S. The molecule has 1 aliphatic rings. The average Bonchev–Trinajstić information content (AvgIpc) is 2.71. The third-order valence-electron chi connectivity index (χ3n) is 5.38. The SMILES string of the molecule is COc1ccc(S(=O)(=O)NCC(c2cccc(Cl)c2)N2CCOCC2)c(C)c1C. The van der Waals surface area contributed by atoms with E-state index in [-0.39, 0.29) is 17.5 Å². The van der Waals surface area contributed by atoms with Gasteiger partial charge >= 0.3 is 0 Å². The van der Waals surface area contributed by atoms with Crippen molar-refractivity contribution in [2.45, 2.75) is 24.8 Å². The van der Waals surface area contributed by atoms with E-state index >= 15 is 0 Å². The molecule has 0 aromatic heterocycles. The van der Waals surface area contributed by atoms with E-state index in [1.54, 1.807) is 26.2 Å². The number of methoxy groups -OCH3 is 1. The standard InChI is InChI=1S/C21H27ClN2O4S/c1-15-16(2)21(8-7-20(15)27-3)29(25,26)23-14-19(24-9-11-28-12-10-24)17-5-4-6-18(22)13-17/h4-8,13,19,23H,9-12,14H2,1-3H3. The molecule has 158 valence electrons. The summed E-state index contributed by atoms with van der Waals surface area (Å²) in [6.07, 6.45) is 0. The molecule has 1 unspecified atom stereocenters. The van der Waals surface area contributed by atoms with Crippen LogP contribution in [0.2, 0.25) is 5.02 Å². The normalized spacial score (nSPS) is 16.6. The van der Waals surface area contributed by atoms with Crippen molar-refractivity contribution >= 4 is 21.6 Å². The van der Waals surface area contributed by atoms with E-state index in [2.05, 4.69) is 9.62 Å². The number of halogens is 1. The van der Waals surface area contributed by atoms with E-state index in [0.29, 0.717) is 29.5 Å². The molecule has 1 aliphatic heterocycles. The molecule has 0 saturated carbocycles. The van der Waals surface area contributed by atoms with Gasteiger partial charge in [0.1, 0.15) is 5.75 Å². The molecule has 1 N–H and O–H groups in total. The predicted octanol–water partition coefficient (Wildman–Crippen LogP) is 3.32. The summed E-state index contributed by atoms with van der Waals surface area (Å²) in [6, 6.07) is 10.7. The molecule has 8 heteroatoms. The number of ether oxygens (including phenoxy) is 2. The Labute approximate surface area is 177 Å². The minimum absolute atomic E-state index is 0.132. The van der Waals surface area contributed by atoms with Crippen LogP contribution in [0.25, 0.3) is 0 Å². The quantitative estimate of drug-likeness (QED) is 0.718. The van der Waals surface area contributed by atoms with Crippen LogP contribution in [0.4, 0.5) is 0 Å². The molecule has 6 nitrogen and oxygen atoms in total. The summed E-state index contributed by atoms with van der Waals surface area (Å²) in [5.41, 5.74) is 2.47. The molecule has 1 heterocycles. The van der Waals surface area contributed by atoms with E-state index in [0.717, 1.165) is 24.2 Å². The van der Waals surface area contributed by atoms with Crippen molar-refractivity contribution in [2.24, 2.45) is 0 Å². The zero-order chi connectivity index (χ0) is 21.0. The summed E-state index contributed by atoms with van der Waals surface area (Å²) in [7, 11) is -2.11. The van der Waals surface area contributed by atoms with Crippen LogP contribution in [0.1, 0.15) is 22.7 Å². The first kappa shape index (κ1) is 22.1. The third kappa shape index (κ3) is 5.10. The van der Waals surface area contributed by atoms with Gasteiger partial charge in [0.05, 0.1) is 25.2 Å². The number of morpholine rings is 1. The monoisotopic (exact) mass is 438 g/mol. The van der Waals surface area contributed by atoms with Gasteiger partial charge in [0.25, 0.3) is 0 Å². The molecule has 2 aromatic carbocycles. The molecule has 2 aromatic rings. The molecule has 3 rings (SSSR count). The van der Waals surface area contributed by atoms with Crippen LogP contribution in [0.3, 0.4) is 0 Å².